The van der Waals surface area contributed by atoms with Crippen LogP contribution in [0.3, 0.4) is 0 Å². The first-order valence-corrected chi connectivity index (χ1v) is 9.34. The van der Waals surface area contributed by atoms with Gasteiger partial charge in [0.25, 0.3) is 10.0 Å². The number of methoxy groups -OCH3 is 1. The lowest BCUT2D eigenvalue weighted by Gasteiger charge is -2.23. The van der Waals surface area contributed by atoms with Gasteiger partial charge in [-0.05, 0) is 29.7 Å². The van der Waals surface area contributed by atoms with Gasteiger partial charge in [0.15, 0.2) is 0 Å². The van der Waals surface area contributed by atoms with Gasteiger partial charge < -0.3 is 4.74 Å². The molecule has 1 aromatic heterocycles. The molecule has 0 aliphatic rings. The molecule has 132 valence electrons. The van der Waals surface area contributed by atoms with Gasteiger partial charge in [-0.3, -0.25) is 9.82 Å². The number of rotatable bonds is 4. The molecular weight excluding hydrogens is 338 g/mol. The van der Waals surface area contributed by atoms with Crippen LogP contribution in [-0.4, -0.2) is 25.7 Å². The summed E-state index contributed by atoms with van der Waals surface area (Å²) in [7, 11) is -2.16. The van der Waals surface area contributed by atoms with Crippen LogP contribution < -0.4 is 9.46 Å². The number of hydrogen-bond donors (Lipinski definition) is 2. The van der Waals surface area contributed by atoms with Crippen LogP contribution in [0.5, 0.6) is 5.75 Å². The summed E-state index contributed by atoms with van der Waals surface area (Å²) < 4.78 is 33.7. The number of fused-ring (bicyclic) bond motifs is 1. The molecule has 1 heterocycles. The third kappa shape index (κ3) is 3.32. The van der Waals surface area contributed by atoms with Gasteiger partial charge in [0.1, 0.15) is 5.75 Å². The summed E-state index contributed by atoms with van der Waals surface area (Å²) in [6.07, 6.45) is 1.65. The fraction of sp³-hybridized carbons (Fsp3) is 0.278. The van der Waals surface area contributed by atoms with Gasteiger partial charge in [-0.15, -0.1) is 0 Å². The van der Waals surface area contributed by atoms with Crippen molar-refractivity contribution in [3.8, 4) is 5.75 Å². The van der Waals surface area contributed by atoms with Gasteiger partial charge in [-0.2, -0.15) is 5.10 Å². The predicted octanol–water partition coefficient (Wildman–Crippen LogP) is 3.67. The Morgan fingerprint density at radius 2 is 1.92 bits per heavy atom. The molecule has 6 nitrogen and oxygen atoms in total. The van der Waals surface area contributed by atoms with Gasteiger partial charge in [0.2, 0.25) is 0 Å². The van der Waals surface area contributed by atoms with Gasteiger partial charge in [0.05, 0.1) is 29.4 Å². The highest BCUT2D eigenvalue weighted by molar-refractivity contribution is 7.92. The van der Waals surface area contributed by atoms with Crippen molar-refractivity contribution in [3.63, 3.8) is 0 Å². The smallest absolute Gasteiger partial charge is 0.261 e. The standard InChI is InChI=1S/C18H21N3O3S/c1-18(2,3)14-10-13(8-9-16(14)24-4)25(22,23)21-15-7-5-6-12-11-19-20-17(12)15/h5-11,21H,1-4H3,(H,19,20). The second-order valence-electron chi connectivity index (χ2n) is 6.86. The van der Waals surface area contributed by atoms with E-state index in [0.29, 0.717) is 17.0 Å². The van der Waals surface area contributed by atoms with E-state index in [1.807, 2.05) is 26.8 Å². The van der Waals surface area contributed by atoms with Crippen LogP contribution in [-0.2, 0) is 15.4 Å². The lowest BCUT2D eigenvalue weighted by atomic mass is 9.86. The first kappa shape index (κ1) is 17.3. The molecule has 0 aliphatic heterocycles. The Kier molecular flexibility index (Phi) is 4.20. The molecule has 2 aromatic carbocycles. The minimum absolute atomic E-state index is 0.190. The van der Waals surface area contributed by atoms with Crippen molar-refractivity contribution >= 4 is 26.6 Å². The number of anilines is 1. The van der Waals surface area contributed by atoms with Gasteiger partial charge >= 0.3 is 0 Å². The number of hydrogen-bond acceptors (Lipinski definition) is 4. The summed E-state index contributed by atoms with van der Waals surface area (Å²) >= 11 is 0. The summed E-state index contributed by atoms with van der Waals surface area (Å²) in [6, 6.07) is 10.2. The largest absolute Gasteiger partial charge is 0.496 e. The number of aromatic nitrogens is 2. The average molecular weight is 359 g/mol. The number of para-hydroxylation sites is 1. The van der Waals surface area contributed by atoms with Crippen molar-refractivity contribution in [1.82, 2.24) is 10.2 Å². The summed E-state index contributed by atoms with van der Waals surface area (Å²) in [4.78, 5) is 0.190. The molecule has 0 saturated heterocycles. The number of ether oxygens (including phenoxy) is 1. The Labute approximate surface area is 147 Å². The Balaban J connectivity index is 2.04. The highest BCUT2D eigenvalue weighted by atomic mass is 32.2. The molecule has 25 heavy (non-hydrogen) atoms. The van der Waals surface area contributed by atoms with Crippen molar-refractivity contribution < 1.29 is 13.2 Å². The quantitative estimate of drug-likeness (QED) is 0.744. The number of benzene rings is 2. The molecule has 2 N–H and O–H groups in total. The Morgan fingerprint density at radius 1 is 1.16 bits per heavy atom. The van der Waals surface area contributed by atoms with E-state index in [-0.39, 0.29) is 10.3 Å². The molecule has 7 heteroatoms. The van der Waals surface area contributed by atoms with Crippen molar-refractivity contribution in [3.05, 3.63) is 48.2 Å². The highest BCUT2D eigenvalue weighted by Gasteiger charge is 2.23. The maximum Gasteiger partial charge on any atom is 0.261 e. The number of H-pyrrole nitrogens is 1. The van der Waals surface area contributed by atoms with Crippen LogP contribution in [0.25, 0.3) is 10.9 Å². The summed E-state index contributed by atoms with van der Waals surface area (Å²) in [5.74, 6) is 0.669. The van der Waals surface area contributed by atoms with E-state index in [0.717, 1.165) is 10.9 Å². The van der Waals surface area contributed by atoms with Gasteiger partial charge in [-0.25, -0.2) is 8.42 Å². The highest BCUT2D eigenvalue weighted by Crippen LogP contribution is 2.34. The lowest BCUT2D eigenvalue weighted by Crippen LogP contribution is -2.17. The minimum atomic E-state index is -3.74. The van der Waals surface area contributed by atoms with Crippen molar-refractivity contribution in [2.24, 2.45) is 0 Å². The fourth-order valence-electron chi connectivity index (χ4n) is 2.70. The third-order valence-corrected chi connectivity index (χ3v) is 5.37. The maximum absolute atomic E-state index is 12.9. The second-order valence-corrected chi connectivity index (χ2v) is 8.54. The van der Waals surface area contributed by atoms with E-state index in [2.05, 4.69) is 14.9 Å². The van der Waals surface area contributed by atoms with Crippen molar-refractivity contribution in [2.75, 3.05) is 11.8 Å². The third-order valence-electron chi connectivity index (χ3n) is 4.01. The number of nitrogens with one attached hydrogen (secondary N) is 2. The zero-order valence-electron chi connectivity index (χ0n) is 14.6. The van der Waals surface area contributed by atoms with Crippen LogP contribution in [0, 0.1) is 0 Å². The normalized spacial score (nSPS) is 12.3. The van der Waals surface area contributed by atoms with Crippen molar-refractivity contribution in [1.29, 1.82) is 0 Å². The number of sulfonamides is 1. The zero-order valence-corrected chi connectivity index (χ0v) is 15.4. The molecular formula is C18H21N3O3S. The average Bonchev–Trinajstić information content (AvgIpc) is 3.03. The Bertz CT molecular complexity index is 1020. The molecule has 0 bridgehead atoms. The van der Waals surface area contributed by atoms with Crippen LogP contribution in [0.2, 0.25) is 0 Å². The van der Waals surface area contributed by atoms with E-state index in [1.54, 1.807) is 43.6 Å². The van der Waals surface area contributed by atoms with Crippen LogP contribution in [0.4, 0.5) is 5.69 Å². The first-order chi connectivity index (χ1) is 11.7. The molecule has 0 aliphatic carbocycles. The molecule has 0 atom stereocenters. The first-order valence-electron chi connectivity index (χ1n) is 7.86. The minimum Gasteiger partial charge on any atom is -0.496 e. The molecule has 0 radical (unpaired) electrons. The molecule has 0 fully saturated rings. The zero-order chi connectivity index (χ0) is 18.2. The van der Waals surface area contributed by atoms with Crippen molar-refractivity contribution in [2.45, 2.75) is 31.1 Å². The molecule has 3 rings (SSSR count). The molecule has 0 amide bonds. The van der Waals surface area contributed by atoms with E-state index in [1.165, 1.54) is 0 Å². The Hall–Kier alpha value is -2.54. The molecule has 0 saturated carbocycles. The van der Waals surface area contributed by atoms with Crippen LogP contribution >= 0.6 is 0 Å². The topological polar surface area (TPSA) is 84.1 Å². The van der Waals surface area contributed by atoms with Gasteiger partial charge in [0, 0.05) is 10.9 Å². The van der Waals surface area contributed by atoms with Crippen LogP contribution in [0.15, 0.2) is 47.5 Å². The summed E-state index contributed by atoms with van der Waals surface area (Å²) in [6.45, 7) is 6.04. The predicted molar refractivity (Wildman–Crippen MR) is 98.6 cm³/mol. The van der Waals surface area contributed by atoms with Crippen LogP contribution in [0.1, 0.15) is 26.3 Å². The monoisotopic (exact) mass is 359 g/mol. The number of nitrogens with zero attached hydrogens (tertiary/aromatic N) is 1. The second kappa shape index (κ2) is 6.07. The Morgan fingerprint density at radius 3 is 2.60 bits per heavy atom. The summed E-state index contributed by atoms with van der Waals surface area (Å²) in [5, 5.41) is 7.61. The molecule has 0 spiro atoms. The molecule has 3 aromatic rings. The molecule has 0 unspecified atom stereocenters. The SMILES string of the molecule is COc1ccc(S(=O)(=O)Nc2cccc3cn[nH]c23)cc1C(C)(C)C. The summed E-state index contributed by atoms with van der Waals surface area (Å²) in [5.41, 5.74) is 1.69. The fourth-order valence-corrected chi connectivity index (χ4v) is 3.80. The van der Waals surface area contributed by atoms with E-state index >= 15 is 0 Å². The van der Waals surface area contributed by atoms with E-state index < -0.39 is 10.0 Å². The van der Waals surface area contributed by atoms with Gasteiger partial charge in [-0.1, -0.05) is 32.9 Å². The van der Waals surface area contributed by atoms with E-state index in [9.17, 15) is 8.42 Å². The van der Waals surface area contributed by atoms with E-state index in [4.69, 9.17) is 4.74 Å². The lowest BCUT2D eigenvalue weighted by molar-refractivity contribution is 0.397. The number of aromatic amines is 1. The maximum atomic E-state index is 12.9.